The second-order valence-corrected chi connectivity index (χ2v) is 8.37. The molecule has 0 radical (unpaired) electrons. The minimum atomic E-state index is -2.42. The lowest BCUT2D eigenvalue weighted by atomic mass is 9.51. The van der Waals surface area contributed by atoms with E-state index in [0.29, 0.717) is 37.0 Å². The fraction of sp³-hybridized carbons (Fsp3) is 0.800. The largest absolute Gasteiger partial charge is 0.481 e. The number of ketones is 1. The van der Waals surface area contributed by atoms with E-state index in [0.717, 1.165) is 39.0 Å². The van der Waals surface area contributed by atoms with E-state index in [9.17, 15) is 18.7 Å². The van der Waals surface area contributed by atoms with Crippen molar-refractivity contribution in [2.24, 2.45) is 29.1 Å². The topological polar surface area (TPSA) is 74.6 Å². The Hall–Kier alpha value is -1.30. The van der Waals surface area contributed by atoms with Crippen LogP contribution >= 0.6 is 0 Å². The Morgan fingerprint density at radius 3 is 2.50 bits per heavy atom. The van der Waals surface area contributed by atoms with Crippen molar-refractivity contribution in [1.29, 1.82) is 0 Å². The summed E-state index contributed by atoms with van der Waals surface area (Å²) in [6.45, 7) is 1.08. The third-order valence-electron chi connectivity index (χ3n) is 7.25. The zero-order valence-corrected chi connectivity index (χ0v) is 15.2. The van der Waals surface area contributed by atoms with E-state index in [4.69, 9.17) is 9.90 Å². The van der Waals surface area contributed by atoms with Gasteiger partial charge >= 0.3 is 0 Å². The molecule has 0 bridgehead atoms. The van der Waals surface area contributed by atoms with Crippen LogP contribution in [0.5, 0.6) is 0 Å². The zero-order valence-electron chi connectivity index (χ0n) is 15.2. The number of hydrogen-bond acceptors (Lipinski definition) is 3. The zero-order chi connectivity index (χ0) is 19.1. The maximum absolute atomic E-state index is 13.8. The first-order chi connectivity index (χ1) is 12.3. The second kappa shape index (κ2) is 7.37. The van der Waals surface area contributed by atoms with E-state index in [-0.39, 0.29) is 11.7 Å². The van der Waals surface area contributed by atoms with Gasteiger partial charge in [-0.1, -0.05) is 5.57 Å². The summed E-state index contributed by atoms with van der Waals surface area (Å²) < 4.78 is 27.7. The van der Waals surface area contributed by atoms with E-state index in [1.54, 1.807) is 0 Å². The lowest BCUT2D eigenvalue weighted by Crippen LogP contribution is -2.52. The molecular formula is C20H28F2O4. The van der Waals surface area contributed by atoms with Crippen LogP contribution in [0, 0.1) is 29.1 Å². The van der Waals surface area contributed by atoms with Crippen molar-refractivity contribution in [2.45, 2.75) is 70.8 Å². The van der Waals surface area contributed by atoms with E-state index in [1.807, 2.05) is 6.08 Å². The smallest absolute Gasteiger partial charge is 0.300 e. The maximum Gasteiger partial charge on any atom is 0.300 e. The summed E-state index contributed by atoms with van der Waals surface area (Å²) in [5, 5.41) is 17.7. The fourth-order valence-corrected chi connectivity index (χ4v) is 6.30. The van der Waals surface area contributed by atoms with Gasteiger partial charge in [0.05, 0.1) is 11.5 Å². The number of carboxylic acid groups (broad SMARTS) is 1. The number of halogens is 2. The molecule has 2 N–H and O–H groups in total. The molecular weight excluding hydrogens is 342 g/mol. The number of aliphatic hydroxyl groups is 1. The highest BCUT2D eigenvalue weighted by Crippen LogP contribution is 2.63. The molecule has 0 aromatic heterocycles. The van der Waals surface area contributed by atoms with Crippen LogP contribution < -0.4 is 0 Å². The maximum atomic E-state index is 13.8. The van der Waals surface area contributed by atoms with Crippen LogP contribution in [0.4, 0.5) is 8.78 Å². The van der Waals surface area contributed by atoms with E-state index >= 15 is 0 Å². The van der Waals surface area contributed by atoms with Crippen LogP contribution in [0.1, 0.15) is 58.3 Å². The Balaban J connectivity index is 0.000000447. The number of carbonyl (C=O) groups excluding carboxylic acids is 1. The Labute approximate surface area is 152 Å². The van der Waals surface area contributed by atoms with Gasteiger partial charge < -0.3 is 10.2 Å². The van der Waals surface area contributed by atoms with Crippen molar-refractivity contribution < 1.29 is 28.6 Å². The lowest BCUT2D eigenvalue weighted by molar-refractivity contribution is -0.148. The predicted molar refractivity (Wildman–Crippen MR) is 91.7 cm³/mol. The van der Waals surface area contributed by atoms with Gasteiger partial charge in [-0.25, -0.2) is 8.78 Å². The van der Waals surface area contributed by atoms with Crippen LogP contribution in [0.2, 0.25) is 0 Å². The summed E-state index contributed by atoms with van der Waals surface area (Å²) in [6, 6.07) is 0. The summed E-state index contributed by atoms with van der Waals surface area (Å²) in [7, 11) is 0. The molecule has 3 saturated carbocycles. The second-order valence-electron chi connectivity index (χ2n) is 8.37. The van der Waals surface area contributed by atoms with E-state index in [2.05, 4.69) is 0 Å². The number of aliphatic hydroxyl groups excluding tert-OH is 1. The highest BCUT2D eigenvalue weighted by Gasteiger charge is 2.62. The molecule has 0 aromatic carbocycles. The molecule has 0 aromatic rings. The standard InChI is InChI=1S/C18H24F2O2.C2H4O2/c19-17(20)18-8-7-13-12-4-2-11(21)9-10(12)1-3-14(13)15(18)5-6-16(18)22;1-2(3)4/h9,12-17,22H,1-8H2;1H3,(H,3,4)/t12-,13+,14+,15-,16-,18+;/m0./s1. The van der Waals surface area contributed by atoms with Gasteiger partial charge in [0.2, 0.25) is 6.43 Å². The molecule has 4 aliphatic carbocycles. The van der Waals surface area contributed by atoms with Gasteiger partial charge in [-0.15, -0.1) is 0 Å². The molecule has 4 rings (SSSR count). The summed E-state index contributed by atoms with van der Waals surface area (Å²) in [5.74, 6) is 0.578. The van der Waals surface area contributed by atoms with Crippen LogP contribution in [0.3, 0.4) is 0 Å². The molecule has 0 aliphatic heterocycles. The average molecular weight is 370 g/mol. The van der Waals surface area contributed by atoms with Gasteiger partial charge in [0.25, 0.3) is 5.97 Å². The van der Waals surface area contributed by atoms with Gasteiger partial charge in [-0.3, -0.25) is 9.59 Å². The summed E-state index contributed by atoms with van der Waals surface area (Å²) >= 11 is 0. The molecule has 0 amide bonds. The first-order valence-electron chi connectivity index (χ1n) is 9.66. The summed E-state index contributed by atoms with van der Waals surface area (Å²) in [6.07, 6.45) is 4.45. The quantitative estimate of drug-likeness (QED) is 0.736. The van der Waals surface area contributed by atoms with Crippen molar-refractivity contribution in [3.63, 3.8) is 0 Å². The molecule has 6 heteroatoms. The highest BCUT2D eigenvalue weighted by molar-refractivity contribution is 5.91. The molecule has 146 valence electrons. The number of carboxylic acids is 1. The molecule has 0 saturated heterocycles. The Morgan fingerprint density at radius 1 is 1.15 bits per heavy atom. The third kappa shape index (κ3) is 3.21. The van der Waals surface area contributed by atoms with Crippen LogP contribution in [0.15, 0.2) is 11.6 Å². The highest BCUT2D eigenvalue weighted by atomic mass is 19.3. The van der Waals surface area contributed by atoms with Crippen molar-refractivity contribution in [3.05, 3.63) is 11.6 Å². The monoisotopic (exact) mass is 370 g/mol. The normalized spacial score (nSPS) is 41.3. The molecule has 26 heavy (non-hydrogen) atoms. The Morgan fingerprint density at radius 2 is 1.85 bits per heavy atom. The first kappa shape index (κ1) is 19.5. The predicted octanol–water partition coefficient (Wildman–Crippen LogP) is 3.83. The van der Waals surface area contributed by atoms with Gasteiger partial charge in [0.15, 0.2) is 5.78 Å². The number of hydrogen-bond donors (Lipinski definition) is 2. The van der Waals surface area contributed by atoms with Crippen molar-refractivity contribution >= 4 is 11.8 Å². The van der Waals surface area contributed by atoms with Crippen molar-refractivity contribution in [1.82, 2.24) is 0 Å². The third-order valence-corrected chi connectivity index (χ3v) is 7.25. The minimum absolute atomic E-state index is 0.0274. The average Bonchev–Trinajstić information content (AvgIpc) is 2.92. The van der Waals surface area contributed by atoms with Gasteiger partial charge in [0, 0.05) is 13.3 Å². The van der Waals surface area contributed by atoms with Crippen LogP contribution in [0.25, 0.3) is 0 Å². The minimum Gasteiger partial charge on any atom is -0.481 e. The summed E-state index contributed by atoms with van der Waals surface area (Å²) in [5.41, 5.74) is 0.132. The fourth-order valence-electron chi connectivity index (χ4n) is 6.30. The number of aliphatic carboxylic acids is 1. The molecule has 6 atom stereocenters. The molecule has 0 unspecified atom stereocenters. The number of alkyl halides is 2. The summed E-state index contributed by atoms with van der Waals surface area (Å²) in [4.78, 5) is 20.6. The van der Waals surface area contributed by atoms with E-state index < -0.39 is 23.9 Å². The number of rotatable bonds is 1. The van der Waals surface area contributed by atoms with Gasteiger partial charge in [0.1, 0.15) is 0 Å². The molecule has 0 heterocycles. The Bertz CT molecular complexity index is 599. The number of fused-ring (bicyclic) bond motifs is 5. The number of allylic oxidation sites excluding steroid dienone is 1. The van der Waals surface area contributed by atoms with Gasteiger partial charge in [-0.05, 0) is 74.7 Å². The van der Waals surface area contributed by atoms with Crippen molar-refractivity contribution in [3.8, 4) is 0 Å². The molecule has 4 aliphatic rings. The molecule has 3 fully saturated rings. The molecule has 0 spiro atoms. The lowest BCUT2D eigenvalue weighted by Gasteiger charge is -2.54. The Kier molecular flexibility index (Phi) is 5.52. The first-order valence-corrected chi connectivity index (χ1v) is 9.66. The van der Waals surface area contributed by atoms with Gasteiger partial charge in [-0.2, -0.15) is 0 Å². The van der Waals surface area contributed by atoms with Crippen molar-refractivity contribution in [2.75, 3.05) is 0 Å². The molecule has 4 nitrogen and oxygen atoms in total. The van der Waals surface area contributed by atoms with Crippen LogP contribution in [-0.4, -0.2) is 34.5 Å². The number of carbonyl (C=O) groups is 2. The van der Waals surface area contributed by atoms with Crippen LogP contribution in [-0.2, 0) is 9.59 Å². The SMILES string of the molecule is CC(=O)O.O=C1C=C2CC[C@@H]3[C@H](CC[C@]4(C(F)F)[C@@H](O)CC[C@@H]34)[C@H]2CC1. The van der Waals surface area contributed by atoms with E-state index in [1.165, 1.54) is 5.57 Å².